The maximum atomic E-state index is 13.9. The molecule has 2 N–H and O–H groups in total. The Labute approximate surface area is 238 Å². The Hall–Kier alpha value is -3.55. The van der Waals surface area contributed by atoms with E-state index < -0.39 is 41.0 Å². The molecule has 40 heavy (non-hydrogen) atoms. The Kier molecular flexibility index (Phi) is 7.31. The lowest BCUT2D eigenvalue weighted by Gasteiger charge is -2.49. The lowest BCUT2D eigenvalue weighted by Crippen LogP contribution is -2.67. The highest BCUT2D eigenvalue weighted by atomic mass is 35.5. The molecule has 2 fully saturated rings. The molecule has 2 saturated heterocycles. The quantitative estimate of drug-likeness (QED) is 0.466. The molecule has 2 atom stereocenters. The lowest BCUT2D eigenvalue weighted by molar-refractivity contribution is -0.143. The summed E-state index contributed by atoms with van der Waals surface area (Å²) >= 11 is 7.77. The van der Waals surface area contributed by atoms with Crippen molar-refractivity contribution in [1.82, 2.24) is 20.1 Å². The molecule has 1 aromatic heterocycles. The van der Waals surface area contributed by atoms with E-state index in [0.29, 0.717) is 28.6 Å². The third kappa shape index (κ3) is 4.82. The smallest absolute Gasteiger partial charge is 0.411 e. The number of hydrogen-bond donors (Lipinski definition) is 2. The second kappa shape index (κ2) is 10.5. The molecule has 3 aliphatic rings. The number of fused-ring (bicyclic) bond motifs is 1. The number of carboxylic acids is 1. The Bertz CT molecular complexity index is 1430. The average molecular weight is 592 g/mol. The van der Waals surface area contributed by atoms with Crippen LogP contribution in [-0.4, -0.2) is 88.2 Å². The number of aromatic nitrogens is 1. The molecule has 0 bridgehead atoms. The van der Waals surface area contributed by atoms with Crippen LogP contribution < -0.4 is 5.32 Å². The summed E-state index contributed by atoms with van der Waals surface area (Å²) < 4.78 is 24.7. The van der Waals surface area contributed by atoms with Crippen molar-refractivity contribution in [1.29, 1.82) is 0 Å². The van der Waals surface area contributed by atoms with E-state index in [1.165, 1.54) is 35.5 Å². The fourth-order valence-electron chi connectivity index (χ4n) is 5.58. The number of thiazole rings is 1. The number of cyclic esters (lactones) is 1. The van der Waals surface area contributed by atoms with Gasteiger partial charge in [-0.1, -0.05) is 17.7 Å². The number of ether oxygens (including phenoxy) is 2. The second-order valence-corrected chi connectivity index (χ2v) is 11.5. The van der Waals surface area contributed by atoms with Crippen LogP contribution in [0.5, 0.6) is 0 Å². The number of benzene rings is 1. The number of amides is 1. The van der Waals surface area contributed by atoms with E-state index in [0.717, 1.165) is 6.07 Å². The van der Waals surface area contributed by atoms with Gasteiger partial charge < -0.3 is 19.9 Å². The van der Waals surface area contributed by atoms with Gasteiger partial charge >= 0.3 is 18.0 Å². The van der Waals surface area contributed by atoms with Gasteiger partial charge in [0.05, 0.1) is 19.1 Å². The Morgan fingerprint density at radius 2 is 2.12 bits per heavy atom. The molecule has 5 rings (SSSR count). The van der Waals surface area contributed by atoms with E-state index in [1.54, 1.807) is 25.4 Å². The van der Waals surface area contributed by atoms with Crippen molar-refractivity contribution in [2.45, 2.75) is 37.5 Å². The summed E-state index contributed by atoms with van der Waals surface area (Å²) in [4.78, 5) is 50.4. The van der Waals surface area contributed by atoms with Crippen molar-refractivity contribution in [3.05, 3.63) is 62.5 Å². The molecule has 2 aromatic rings. The molecule has 3 aliphatic heterocycles. The minimum Gasteiger partial charge on any atom is -0.481 e. The predicted octanol–water partition coefficient (Wildman–Crippen LogP) is 3.21. The highest BCUT2D eigenvalue weighted by Gasteiger charge is 2.63. The van der Waals surface area contributed by atoms with Gasteiger partial charge in [0.1, 0.15) is 23.0 Å². The highest BCUT2D eigenvalue weighted by Crippen LogP contribution is 2.44. The van der Waals surface area contributed by atoms with Crippen molar-refractivity contribution in [3.63, 3.8) is 0 Å². The molecular weight excluding hydrogens is 565 g/mol. The zero-order valence-electron chi connectivity index (χ0n) is 21.9. The summed E-state index contributed by atoms with van der Waals surface area (Å²) in [6.07, 6.45) is 0.746. The van der Waals surface area contributed by atoms with E-state index >= 15 is 0 Å². The first-order valence-corrected chi connectivity index (χ1v) is 13.7. The second-order valence-electron chi connectivity index (χ2n) is 10.2. The molecule has 0 radical (unpaired) electrons. The maximum absolute atomic E-state index is 13.9. The third-order valence-electron chi connectivity index (χ3n) is 7.57. The molecule has 0 saturated carbocycles. The molecule has 11 nitrogen and oxygen atoms in total. The molecule has 1 amide bonds. The number of carbonyl (C=O) groups is 3. The van der Waals surface area contributed by atoms with Crippen LogP contribution in [0.2, 0.25) is 5.02 Å². The largest absolute Gasteiger partial charge is 0.481 e. The van der Waals surface area contributed by atoms with Gasteiger partial charge in [-0.15, -0.1) is 11.3 Å². The number of hydrogen-bond acceptors (Lipinski definition) is 10. The Balaban J connectivity index is 1.58. The van der Waals surface area contributed by atoms with Crippen molar-refractivity contribution >= 4 is 46.8 Å². The first-order chi connectivity index (χ1) is 19.0. The van der Waals surface area contributed by atoms with Gasteiger partial charge in [0.25, 0.3) is 0 Å². The van der Waals surface area contributed by atoms with Gasteiger partial charge in [-0.25, -0.2) is 19.0 Å². The minimum absolute atomic E-state index is 0.0901. The van der Waals surface area contributed by atoms with E-state index in [9.17, 15) is 23.9 Å². The molecule has 1 aromatic carbocycles. The van der Waals surface area contributed by atoms with Crippen LogP contribution in [0, 0.1) is 5.82 Å². The third-order valence-corrected chi connectivity index (χ3v) is 8.68. The zero-order chi connectivity index (χ0) is 28.8. The zero-order valence-corrected chi connectivity index (χ0v) is 23.5. The normalized spacial score (nSPS) is 24.2. The van der Waals surface area contributed by atoms with E-state index in [2.05, 4.69) is 10.3 Å². The van der Waals surface area contributed by atoms with Crippen LogP contribution >= 0.6 is 22.9 Å². The van der Waals surface area contributed by atoms with Crippen LogP contribution in [0.4, 0.5) is 9.18 Å². The number of rotatable bonds is 7. The predicted molar refractivity (Wildman–Crippen MR) is 144 cm³/mol. The van der Waals surface area contributed by atoms with Crippen molar-refractivity contribution in [3.8, 4) is 0 Å². The summed E-state index contributed by atoms with van der Waals surface area (Å²) in [7, 11) is 1.25. The van der Waals surface area contributed by atoms with Crippen LogP contribution in [0.1, 0.15) is 36.9 Å². The number of nitrogens with zero attached hydrogens (tertiary/aromatic N) is 4. The summed E-state index contributed by atoms with van der Waals surface area (Å²) in [5, 5.41) is 15.4. The van der Waals surface area contributed by atoms with E-state index in [-0.39, 0.29) is 36.7 Å². The van der Waals surface area contributed by atoms with Gasteiger partial charge in [-0.3, -0.25) is 19.6 Å². The molecule has 212 valence electrons. The van der Waals surface area contributed by atoms with Crippen LogP contribution in [-0.2, 0) is 19.1 Å². The topological polar surface area (TPSA) is 134 Å². The van der Waals surface area contributed by atoms with Gasteiger partial charge in [0.15, 0.2) is 10.8 Å². The van der Waals surface area contributed by atoms with Crippen LogP contribution in [0.25, 0.3) is 0 Å². The highest BCUT2D eigenvalue weighted by molar-refractivity contribution is 7.11. The van der Waals surface area contributed by atoms with Crippen molar-refractivity contribution in [2.24, 2.45) is 4.99 Å². The standard InChI is InChI=1S/C26H27ClFN5O6S/c1-25(2)26(11-18(34)35)13-32(7-8-33(26)24(37)39-25)12-17-19(23(36)38-3)20(15-5-4-14(28)10-16(15)27)31-21(30-17)22-29-6-9-40-22/h4-6,9-10,20H,7-8,11-13H2,1-3H3,(H,30,31)(H,34,35)/t20-,26+/m0/s1. The molecule has 4 heterocycles. The first kappa shape index (κ1) is 28.0. The number of carbonyl (C=O) groups excluding carboxylic acids is 2. The van der Waals surface area contributed by atoms with E-state index in [1.807, 2.05) is 4.90 Å². The van der Waals surface area contributed by atoms with Gasteiger partial charge in [-0.05, 0) is 26.0 Å². The molecule has 0 aliphatic carbocycles. The Morgan fingerprint density at radius 1 is 1.35 bits per heavy atom. The fourth-order valence-corrected chi connectivity index (χ4v) is 6.44. The molecule has 0 unspecified atom stereocenters. The number of aliphatic imine (C=N–C) groups is 1. The number of esters is 1. The Morgan fingerprint density at radius 3 is 2.77 bits per heavy atom. The molecular formula is C26H27ClFN5O6S. The van der Waals surface area contributed by atoms with Gasteiger partial charge in [-0.2, -0.15) is 0 Å². The van der Waals surface area contributed by atoms with Gasteiger partial charge in [0, 0.05) is 54.0 Å². The number of nitrogens with one attached hydrogen (secondary N) is 1. The fraction of sp³-hybridized carbons (Fsp3) is 0.423. The maximum Gasteiger partial charge on any atom is 0.411 e. The SMILES string of the molecule is COC(=O)C1=C(CN2CCN3C(=O)OC(C)(C)[C@@]3(CC(=O)O)C2)NC(c2nccs2)=N[C@H]1c1ccc(F)cc1Cl. The van der Waals surface area contributed by atoms with Crippen molar-refractivity contribution < 1.29 is 33.4 Å². The van der Waals surface area contributed by atoms with Crippen molar-refractivity contribution in [2.75, 3.05) is 33.3 Å². The number of amidine groups is 1. The van der Waals surface area contributed by atoms with Crippen LogP contribution in [0.15, 0.2) is 46.0 Å². The molecule has 14 heteroatoms. The minimum atomic E-state index is -1.14. The summed E-state index contributed by atoms with van der Waals surface area (Å²) in [6, 6.07) is 2.93. The lowest BCUT2D eigenvalue weighted by atomic mass is 9.77. The van der Waals surface area contributed by atoms with E-state index in [4.69, 9.17) is 26.1 Å². The van der Waals surface area contributed by atoms with Gasteiger partial charge in [0.2, 0.25) is 0 Å². The summed E-state index contributed by atoms with van der Waals surface area (Å²) in [5.74, 6) is -1.86. The summed E-state index contributed by atoms with van der Waals surface area (Å²) in [6.45, 7) is 4.35. The molecule has 0 spiro atoms. The average Bonchev–Trinajstić information content (AvgIpc) is 3.48. The first-order valence-electron chi connectivity index (χ1n) is 12.4. The number of methoxy groups -OCH3 is 1. The van der Waals surface area contributed by atoms with Crippen LogP contribution in [0.3, 0.4) is 0 Å². The summed E-state index contributed by atoms with van der Waals surface area (Å²) in [5.41, 5.74) is -1.21. The number of halogens is 2. The number of aliphatic carboxylic acids is 1. The number of carboxylic acid groups (broad SMARTS) is 1. The monoisotopic (exact) mass is 591 g/mol. The number of piperazine rings is 1.